The topological polar surface area (TPSA) is 46.9 Å². The van der Waals surface area contributed by atoms with Crippen molar-refractivity contribution in [3.8, 4) is 0 Å². The number of aromatic nitrogens is 2. The van der Waals surface area contributed by atoms with Crippen molar-refractivity contribution in [3.63, 3.8) is 0 Å². The summed E-state index contributed by atoms with van der Waals surface area (Å²) in [4.78, 5) is 12.1. The van der Waals surface area contributed by atoms with Crippen LogP contribution in [0.2, 0.25) is 5.02 Å². The molecule has 0 radical (unpaired) electrons. The van der Waals surface area contributed by atoms with Gasteiger partial charge in [-0.1, -0.05) is 24.9 Å². The van der Waals surface area contributed by atoms with Crippen LogP contribution in [0.15, 0.2) is 11.0 Å². The molecular formula is C12H18ClN3O. The molecule has 5 heteroatoms. The summed E-state index contributed by atoms with van der Waals surface area (Å²) in [5.74, 6) is 0.630. The Bertz CT molecular complexity index is 440. The van der Waals surface area contributed by atoms with Crippen molar-refractivity contribution in [3.05, 3.63) is 21.6 Å². The maximum Gasteiger partial charge on any atom is 0.291 e. The zero-order valence-electron chi connectivity index (χ0n) is 10.1. The molecule has 1 aromatic heterocycles. The molecule has 4 nitrogen and oxygen atoms in total. The van der Waals surface area contributed by atoms with E-state index in [1.807, 2.05) is 0 Å². The summed E-state index contributed by atoms with van der Waals surface area (Å²) in [5.41, 5.74) is 0.399. The number of anilines is 1. The van der Waals surface area contributed by atoms with Gasteiger partial charge in [-0.05, 0) is 25.2 Å². The maximum atomic E-state index is 12.1. The predicted molar refractivity (Wildman–Crippen MR) is 69.6 cm³/mol. The monoisotopic (exact) mass is 255 g/mol. The Hall–Kier alpha value is -1.03. The van der Waals surface area contributed by atoms with Crippen LogP contribution < -0.4 is 10.9 Å². The summed E-state index contributed by atoms with van der Waals surface area (Å²) in [6.07, 6.45) is 6.08. The molecule has 0 unspecified atom stereocenters. The smallest absolute Gasteiger partial charge is 0.291 e. The highest BCUT2D eigenvalue weighted by Crippen LogP contribution is 2.30. The molecule has 94 valence electrons. The highest BCUT2D eigenvalue weighted by molar-refractivity contribution is 6.32. The number of nitrogens with one attached hydrogen (secondary N) is 1. The Labute approximate surface area is 106 Å². The van der Waals surface area contributed by atoms with Crippen molar-refractivity contribution in [2.45, 2.75) is 39.2 Å². The molecule has 1 aliphatic carbocycles. The van der Waals surface area contributed by atoms with Gasteiger partial charge in [0.1, 0.15) is 5.69 Å². The minimum absolute atomic E-state index is 0.0968. The van der Waals surface area contributed by atoms with Crippen LogP contribution in [0.1, 0.15) is 32.6 Å². The Morgan fingerprint density at radius 2 is 2.35 bits per heavy atom. The van der Waals surface area contributed by atoms with Crippen LogP contribution in [0.25, 0.3) is 0 Å². The summed E-state index contributed by atoms with van der Waals surface area (Å²) >= 11 is 5.99. The third kappa shape index (κ3) is 3.22. The predicted octanol–water partition coefficient (Wildman–Crippen LogP) is 2.52. The van der Waals surface area contributed by atoms with Crippen LogP contribution in [0.4, 0.5) is 5.69 Å². The molecule has 1 aromatic rings. The fourth-order valence-corrected chi connectivity index (χ4v) is 1.89. The Balaban J connectivity index is 2.13. The number of hydrogen-bond acceptors (Lipinski definition) is 3. The lowest BCUT2D eigenvalue weighted by Crippen LogP contribution is -2.27. The van der Waals surface area contributed by atoms with Crippen molar-refractivity contribution in [1.29, 1.82) is 0 Å². The minimum atomic E-state index is -0.0968. The summed E-state index contributed by atoms with van der Waals surface area (Å²) in [7, 11) is 0. The zero-order valence-corrected chi connectivity index (χ0v) is 10.8. The van der Waals surface area contributed by atoms with Gasteiger partial charge in [-0.2, -0.15) is 5.10 Å². The van der Waals surface area contributed by atoms with E-state index in [4.69, 9.17) is 11.6 Å². The molecule has 1 fully saturated rings. The van der Waals surface area contributed by atoms with Crippen LogP contribution in [-0.4, -0.2) is 16.3 Å². The van der Waals surface area contributed by atoms with Crippen molar-refractivity contribution >= 4 is 17.3 Å². The molecular weight excluding hydrogens is 238 g/mol. The average Bonchev–Trinajstić information content (AvgIpc) is 3.11. The summed E-state index contributed by atoms with van der Waals surface area (Å²) in [6.45, 7) is 3.61. The van der Waals surface area contributed by atoms with Crippen molar-refractivity contribution in [2.75, 3.05) is 11.9 Å². The van der Waals surface area contributed by atoms with Gasteiger partial charge in [-0.25, -0.2) is 4.68 Å². The van der Waals surface area contributed by atoms with E-state index >= 15 is 0 Å². The Kier molecular flexibility index (Phi) is 4.05. The minimum Gasteiger partial charge on any atom is -0.379 e. The molecule has 17 heavy (non-hydrogen) atoms. The number of rotatable bonds is 6. The van der Waals surface area contributed by atoms with Gasteiger partial charge in [0, 0.05) is 13.1 Å². The van der Waals surface area contributed by atoms with Gasteiger partial charge in [-0.15, -0.1) is 0 Å². The van der Waals surface area contributed by atoms with Gasteiger partial charge in [0.2, 0.25) is 0 Å². The van der Waals surface area contributed by atoms with Gasteiger partial charge >= 0.3 is 0 Å². The molecule has 0 amide bonds. The van der Waals surface area contributed by atoms with E-state index in [0.29, 0.717) is 16.6 Å². The number of hydrogen-bond donors (Lipinski definition) is 1. The van der Waals surface area contributed by atoms with E-state index in [9.17, 15) is 4.79 Å². The first-order chi connectivity index (χ1) is 8.22. The highest BCUT2D eigenvalue weighted by atomic mass is 35.5. The first kappa shape index (κ1) is 12.4. The SMILES string of the molecule is CCCCNc1c(Cl)cnn(CC2CC2)c1=O. The molecule has 0 aliphatic heterocycles. The fourth-order valence-electron chi connectivity index (χ4n) is 1.69. The molecule has 1 N–H and O–H groups in total. The molecule has 0 atom stereocenters. The van der Waals surface area contributed by atoms with Gasteiger partial charge in [-0.3, -0.25) is 4.79 Å². The third-order valence-corrected chi connectivity index (χ3v) is 3.24. The number of nitrogens with zero attached hydrogens (tertiary/aromatic N) is 2. The fraction of sp³-hybridized carbons (Fsp3) is 0.667. The molecule has 0 spiro atoms. The van der Waals surface area contributed by atoms with Gasteiger partial charge in [0.25, 0.3) is 5.56 Å². The first-order valence-electron chi connectivity index (χ1n) is 6.22. The van der Waals surface area contributed by atoms with Crippen LogP contribution in [0.3, 0.4) is 0 Å². The van der Waals surface area contributed by atoms with E-state index in [1.165, 1.54) is 17.5 Å². The van der Waals surface area contributed by atoms with Crippen LogP contribution in [0.5, 0.6) is 0 Å². The standard InChI is InChI=1S/C12H18ClN3O/c1-2-3-6-14-11-10(13)7-15-16(12(11)17)8-9-4-5-9/h7,9,14H,2-6,8H2,1H3. The van der Waals surface area contributed by atoms with E-state index in [1.54, 1.807) is 6.20 Å². The van der Waals surface area contributed by atoms with E-state index in [-0.39, 0.29) is 5.56 Å². The molecule has 0 bridgehead atoms. The Morgan fingerprint density at radius 1 is 1.59 bits per heavy atom. The van der Waals surface area contributed by atoms with E-state index in [2.05, 4.69) is 17.3 Å². The van der Waals surface area contributed by atoms with Crippen molar-refractivity contribution in [2.24, 2.45) is 5.92 Å². The van der Waals surface area contributed by atoms with Crippen LogP contribution in [-0.2, 0) is 6.54 Å². The van der Waals surface area contributed by atoms with Crippen molar-refractivity contribution in [1.82, 2.24) is 9.78 Å². The van der Waals surface area contributed by atoms with Gasteiger partial charge in [0.05, 0.1) is 11.2 Å². The number of unbranched alkanes of at least 4 members (excludes halogenated alkanes) is 1. The molecule has 0 saturated heterocycles. The quantitative estimate of drug-likeness (QED) is 0.795. The highest BCUT2D eigenvalue weighted by Gasteiger charge is 2.23. The maximum absolute atomic E-state index is 12.1. The van der Waals surface area contributed by atoms with Gasteiger partial charge in [0.15, 0.2) is 0 Å². The zero-order chi connectivity index (χ0) is 12.3. The van der Waals surface area contributed by atoms with E-state index < -0.39 is 0 Å². The lowest BCUT2D eigenvalue weighted by atomic mass is 10.3. The Morgan fingerprint density at radius 3 is 3.00 bits per heavy atom. The van der Waals surface area contributed by atoms with E-state index in [0.717, 1.165) is 25.9 Å². The number of halogens is 1. The molecule has 2 rings (SSSR count). The third-order valence-electron chi connectivity index (χ3n) is 2.96. The summed E-state index contributed by atoms with van der Waals surface area (Å²) in [6, 6.07) is 0. The lowest BCUT2D eigenvalue weighted by molar-refractivity contribution is 0.534. The van der Waals surface area contributed by atoms with Crippen LogP contribution >= 0.6 is 11.6 Å². The van der Waals surface area contributed by atoms with Gasteiger partial charge < -0.3 is 5.32 Å². The first-order valence-corrected chi connectivity index (χ1v) is 6.59. The second-order valence-corrected chi connectivity index (χ2v) is 4.99. The summed E-state index contributed by atoms with van der Waals surface area (Å²) < 4.78 is 1.53. The summed E-state index contributed by atoms with van der Waals surface area (Å²) in [5, 5.41) is 7.60. The molecule has 0 aromatic carbocycles. The molecule has 1 aliphatic rings. The molecule has 1 saturated carbocycles. The second kappa shape index (κ2) is 5.54. The van der Waals surface area contributed by atoms with Crippen LogP contribution in [0, 0.1) is 5.92 Å². The largest absolute Gasteiger partial charge is 0.379 e. The second-order valence-electron chi connectivity index (χ2n) is 4.58. The normalized spacial score (nSPS) is 14.9. The molecule has 1 heterocycles. The lowest BCUT2D eigenvalue weighted by Gasteiger charge is -2.09. The average molecular weight is 256 g/mol. The van der Waals surface area contributed by atoms with Crippen molar-refractivity contribution < 1.29 is 0 Å².